The molecule has 0 saturated heterocycles. The van der Waals surface area contributed by atoms with Crippen molar-refractivity contribution in [3.63, 3.8) is 0 Å². The van der Waals surface area contributed by atoms with Gasteiger partial charge in [-0.3, -0.25) is 4.57 Å². The van der Waals surface area contributed by atoms with Crippen LogP contribution in [-0.4, -0.2) is 46.4 Å². The molecular formula is C27H35FNO5P. The highest BCUT2D eigenvalue weighted by atomic mass is 31.2. The first-order valence-corrected chi connectivity index (χ1v) is 13.7. The molecule has 6 nitrogen and oxygen atoms in total. The summed E-state index contributed by atoms with van der Waals surface area (Å²) in [4.78, 5) is 0. The van der Waals surface area contributed by atoms with Gasteiger partial charge in [-0.25, -0.2) is 4.39 Å². The molecular weight excluding hydrogens is 468 g/mol. The van der Waals surface area contributed by atoms with Crippen molar-refractivity contribution < 1.29 is 28.2 Å². The molecule has 2 atom stereocenters. The number of para-hydroxylation sites is 1. The lowest BCUT2D eigenvalue weighted by atomic mass is 10.0. The molecule has 0 aliphatic heterocycles. The summed E-state index contributed by atoms with van der Waals surface area (Å²) in [6.45, 7) is 8.00. The van der Waals surface area contributed by atoms with Gasteiger partial charge >= 0.3 is 7.60 Å². The zero-order chi connectivity index (χ0) is 25.6. The van der Waals surface area contributed by atoms with Gasteiger partial charge in [-0.2, -0.15) is 0 Å². The van der Waals surface area contributed by atoms with Crippen molar-refractivity contribution in [2.24, 2.45) is 0 Å². The molecule has 8 heteroatoms. The third-order valence-corrected chi connectivity index (χ3v) is 7.85. The SMILES string of the molecule is CCOP(=O)(C[C@H](O)C[C@H](O)/C=C/c1c(-c2ccc(F)cc2)c2ccccc2n1C(C)C)OCC. The molecule has 3 aromatic rings. The zero-order valence-corrected chi connectivity index (χ0v) is 21.6. The van der Waals surface area contributed by atoms with E-state index in [0.717, 1.165) is 27.7 Å². The molecule has 0 aliphatic carbocycles. The molecule has 0 unspecified atom stereocenters. The Morgan fingerprint density at radius 1 is 1.03 bits per heavy atom. The molecule has 0 spiro atoms. The van der Waals surface area contributed by atoms with Crippen LogP contribution in [0, 0.1) is 5.82 Å². The fraction of sp³-hybridized carbons (Fsp3) is 0.407. The van der Waals surface area contributed by atoms with Gasteiger partial charge in [0.1, 0.15) is 5.82 Å². The quantitative estimate of drug-likeness (QED) is 0.279. The number of nitrogens with zero attached hydrogens (tertiary/aromatic N) is 1. The van der Waals surface area contributed by atoms with Gasteiger partial charge in [0.05, 0.1) is 31.6 Å². The van der Waals surface area contributed by atoms with Crippen molar-refractivity contribution in [1.29, 1.82) is 0 Å². The molecule has 0 radical (unpaired) electrons. The van der Waals surface area contributed by atoms with Crippen LogP contribution in [0.25, 0.3) is 28.1 Å². The maximum Gasteiger partial charge on any atom is 0.333 e. The summed E-state index contributed by atoms with van der Waals surface area (Å²) in [5, 5.41) is 22.1. The second kappa shape index (κ2) is 12.1. The fourth-order valence-electron chi connectivity index (χ4n) is 4.35. The summed E-state index contributed by atoms with van der Waals surface area (Å²) in [6.07, 6.45) is 1.20. The van der Waals surface area contributed by atoms with Gasteiger partial charge in [0.15, 0.2) is 0 Å². The smallest absolute Gasteiger partial charge is 0.333 e. The maximum atomic E-state index is 13.6. The maximum absolute atomic E-state index is 13.6. The topological polar surface area (TPSA) is 80.9 Å². The predicted octanol–water partition coefficient (Wildman–Crippen LogP) is 6.42. The Bertz CT molecular complexity index is 1180. The first-order valence-electron chi connectivity index (χ1n) is 12.0. The van der Waals surface area contributed by atoms with Crippen molar-refractivity contribution in [3.8, 4) is 11.1 Å². The molecule has 2 N–H and O–H groups in total. The van der Waals surface area contributed by atoms with Crippen LogP contribution in [0.15, 0.2) is 54.6 Å². The van der Waals surface area contributed by atoms with Crippen molar-refractivity contribution in [3.05, 3.63) is 66.1 Å². The highest BCUT2D eigenvalue weighted by Gasteiger charge is 2.28. The minimum atomic E-state index is -3.42. The van der Waals surface area contributed by atoms with Crippen molar-refractivity contribution >= 4 is 24.6 Å². The Kier molecular flexibility index (Phi) is 9.45. The largest absolute Gasteiger partial charge is 0.392 e. The summed E-state index contributed by atoms with van der Waals surface area (Å²) < 4.78 is 39.0. The van der Waals surface area contributed by atoms with Crippen LogP contribution in [-0.2, 0) is 13.6 Å². The molecule has 0 bridgehead atoms. The van der Waals surface area contributed by atoms with Gasteiger partial charge < -0.3 is 23.8 Å². The van der Waals surface area contributed by atoms with E-state index in [4.69, 9.17) is 9.05 Å². The number of hydrogen-bond donors (Lipinski definition) is 2. The zero-order valence-electron chi connectivity index (χ0n) is 20.7. The number of aromatic nitrogens is 1. The second-order valence-electron chi connectivity index (χ2n) is 8.69. The van der Waals surface area contributed by atoms with E-state index in [1.54, 1.807) is 32.1 Å². The van der Waals surface area contributed by atoms with E-state index in [2.05, 4.69) is 18.4 Å². The lowest BCUT2D eigenvalue weighted by Gasteiger charge is -2.21. The Morgan fingerprint density at radius 3 is 2.26 bits per heavy atom. The Labute approximate surface area is 206 Å². The van der Waals surface area contributed by atoms with Crippen molar-refractivity contribution in [2.75, 3.05) is 19.4 Å². The number of rotatable bonds is 12. The Balaban J connectivity index is 1.93. The molecule has 0 saturated carbocycles. The van der Waals surface area contributed by atoms with Crippen LogP contribution >= 0.6 is 7.60 Å². The number of aliphatic hydroxyl groups is 2. The van der Waals surface area contributed by atoms with Crippen LogP contribution < -0.4 is 0 Å². The third-order valence-electron chi connectivity index (χ3n) is 5.67. The highest BCUT2D eigenvalue weighted by molar-refractivity contribution is 7.53. The first-order chi connectivity index (χ1) is 16.7. The molecule has 2 aromatic carbocycles. The van der Waals surface area contributed by atoms with Crippen molar-refractivity contribution in [1.82, 2.24) is 4.57 Å². The van der Waals surface area contributed by atoms with Crippen LogP contribution in [0.1, 0.15) is 45.9 Å². The molecule has 0 fully saturated rings. The van der Waals surface area contributed by atoms with Gasteiger partial charge in [0.2, 0.25) is 0 Å². The summed E-state index contributed by atoms with van der Waals surface area (Å²) >= 11 is 0. The molecule has 190 valence electrons. The molecule has 0 amide bonds. The van der Waals surface area contributed by atoms with Gasteiger partial charge in [-0.15, -0.1) is 0 Å². The monoisotopic (exact) mass is 503 g/mol. The van der Waals surface area contributed by atoms with Gasteiger partial charge in [-0.1, -0.05) is 36.4 Å². The van der Waals surface area contributed by atoms with Crippen molar-refractivity contribution in [2.45, 2.75) is 52.4 Å². The summed E-state index contributed by atoms with van der Waals surface area (Å²) in [5.41, 5.74) is 3.71. The Morgan fingerprint density at radius 2 is 1.66 bits per heavy atom. The second-order valence-corrected chi connectivity index (χ2v) is 10.8. The molecule has 35 heavy (non-hydrogen) atoms. The number of aliphatic hydroxyl groups excluding tert-OH is 2. The number of hydrogen-bond acceptors (Lipinski definition) is 5. The third kappa shape index (κ3) is 6.69. The minimum Gasteiger partial charge on any atom is -0.392 e. The number of halogens is 1. The number of fused-ring (bicyclic) bond motifs is 1. The van der Waals surface area contributed by atoms with Gasteiger partial charge in [0, 0.05) is 34.6 Å². The minimum absolute atomic E-state index is 0.0194. The summed E-state index contributed by atoms with van der Waals surface area (Å²) in [5.74, 6) is -0.306. The average Bonchev–Trinajstić information content (AvgIpc) is 3.12. The van der Waals surface area contributed by atoms with Crippen LogP contribution in [0.4, 0.5) is 4.39 Å². The van der Waals surface area contributed by atoms with Gasteiger partial charge in [0.25, 0.3) is 0 Å². The Hall–Kier alpha value is -2.28. The van der Waals surface area contributed by atoms with Crippen LogP contribution in [0.5, 0.6) is 0 Å². The highest BCUT2D eigenvalue weighted by Crippen LogP contribution is 2.48. The van der Waals surface area contributed by atoms with Crippen LogP contribution in [0.2, 0.25) is 0 Å². The number of benzene rings is 2. The lowest BCUT2D eigenvalue weighted by Crippen LogP contribution is -2.21. The van der Waals surface area contributed by atoms with Crippen LogP contribution in [0.3, 0.4) is 0 Å². The first kappa shape index (κ1) is 27.3. The normalized spacial score (nSPS) is 14.3. The molecule has 1 aromatic heterocycles. The lowest BCUT2D eigenvalue weighted by molar-refractivity contribution is 0.110. The van der Waals surface area contributed by atoms with E-state index in [0.29, 0.717) is 0 Å². The van der Waals surface area contributed by atoms with E-state index >= 15 is 0 Å². The molecule has 1 heterocycles. The predicted molar refractivity (Wildman–Crippen MR) is 139 cm³/mol. The van der Waals surface area contributed by atoms with Gasteiger partial charge in [-0.05, 0) is 57.5 Å². The molecule has 0 aliphatic rings. The molecule has 3 rings (SSSR count). The standard InChI is InChI=1S/C27H35FNO5P/c1-5-33-35(32,34-6-2)18-23(31)17-22(30)15-16-26-27(20-11-13-21(28)14-12-20)24-9-7-8-10-25(24)29(26)19(3)4/h7-16,19,22-23,30-31H,5-6,17-18H2,1-4H3/b16-15+/t22-,23-/m1/s1. The van der Waals surface area contributed by atoms with E-state index in [1.165, 1.54) is 12.1 Å². The van der Waals surface area contributed by atoms with E-state index in [1.807, 2.05) is 30.3 Å². The average molecular weight is 504 g/mol. The van der Waals surface area contributed by atoms with E-state index in [9.17, 15) is 19.2 Å². The fourth-order valence-corrected chi connectivity index (χ4v) is 6.09. The van der Waals surface area contributed by atoms with E-state index < -0.39 is 19.8 Å². The summed E-state index contributed by atoms with van der Waals surface area (Å²) in [7, 11) is -3.42. The summed E-state index contributed by atoms with van der Waals surface area (Å²) in [6, 6.07) is 14.5. The van der Waals surface area contributed by atoms with E-state index in [-0.39, 0.29) is 37.7 Å².